The van der Waals surface area contributed by atoms with Gasteiger partial charge in [0, 0.05) is 35.2 Å². The average Bonchev–Trinajstić information content (AvgIpc) is 3.45. The molecule has 0 amide bonds. The number of rotatable bonds is 4. The zero-order valence-electron chi connectivity index (χ0n) is 25.2. The summed E-state index contributed by atoms with van der Waals surface area (Å²) in [5.74, 6) is 0.238. The zero-order valence-corrected chi connectivity index (χ0v) is 25.2. The molecule has 0 N–H and O–H groups in total. The van der Waals surface area contributed by atoms with Crippen LogP contribution in [0.25, 0.3) is 45.2 Å². The Kier molecular flexibility index (Phi) is 6.26. The Morgan fingerprint density at radius 2 is 1.53 bits per heavy atom. The molecule has 0 radical (unpaired) electrons. The molecule has 0 fully saturated rings. The van der Waals surface area contributed by atoms with Crippen LogP contribution in [-0.2, 0) is 0 Å². The van der Waals surface area contributed by atoms with Gasteiger partial charge in [-0.25, -0.2) is 0 Å². The van der Waals surface area contributed by atoms with E-state index in [9.17, 15) is 0 Å². The van der Waals surface area contributed by atoms with E-state index in [0.29, 0.717) is 0 Å². The van der Waals surface area contributed by atoms with E-state index in [2.05, 4.69) is 150 Å². The number of para-hydroxylation sites is 1. The fraction of sp³-hybridized carbons (Fsp3) is 0.140. The summed E-state index contributed by atoms with van der Waals surface area (Å²) in [4.78, 5) is 7.03. The van der Waals surface area contributed by atoms with Gasteiger partial charge in [0.15, 0.2) is 0 Å². The summed E-state index contributed by atoms with van der Waals surface area (Å²) >= 11 is 0. The quantitative estimate of drug-likeness (QED) is 0.211. The number of hydrogen-bond acceptors (Lipinski definition) is 2. The van der Waals surface area contributed by atoms with Gasteiger partial charge in [-0.15, -0.1) is 0 Å². The molecule has 2 heteroatoms. The van der Waals surface area contributed by atoms with Crippen LogP contribution >= 0.6 is 0 Å². The van der Waals surface area contributed by atoms with Crippen LogP contribution in [0.2, 0.25) is 0 Å². The van der Waals surface area contributed by atoms with Gasteiger partial charge in [-0.1, -0.05) is 109 Å². The molecule has 216 valence electrons. The Balaban J connectivity index is 1.25. The maximum atomic E-state index is 4.56. The third-order valence-corrected chi connectivity index (χ3v) is 9.96. The molecule has 1 aliphatic heterocycles. The predicted molar refractivity (Wildman–Crippen MR) is 190 cm³/mol. The molecular formula is C43H34N2. The molecule has 4 aromatic carbocycles. The van der Waals surface area contributed by atoms with E-state index >= 15 is 0 Å². The van der Waals surface area contributed by atoms with Gasteiger partial charge in [-0.05, 0) is 105 Å². The lowest BCUT2D eigenvalue weighted by Crippen LogP contribution is -2.33. The number of anilines is 2. The van der Waals surface area contributed by atoms with Crippen molar-refractivity contribution in [2.75, 3.05) is 4.90 Å². The lowest BCUT2D eigenvalue weighted by atomic mass is 9.82. The number of benzene rings is 4. The van der Waals surface area contributed by atoms with Crippen LogP contribution in [0.15, 0.2) is 134 Å². The van der Waals surface area contributed by atoms with E-state index < -0.39 is 0 Å². The molecule has 2 nitrogen and oxygen atoms in total. The maximum Gasteiger partial charge on any atom is 0.0630 e. The second-order valence-corrected chi connectivity index (χ2v) is 12.5. The molecule has 2 unspecified atom stereocenters. The van der Waals surface area contributed by atoms with Crippen LogP contribution in [0, 0.1) is 0 Å². The fourth-order valence-corrected chi connectivity index (χ4v) is 7.98. The second kappa shape index (κ2) is 10.7. The van der Waals surface area contributed by atoms with Crippen molar-refractivity contribution in [3.8, 4) is 11.1 Å². The first-order valence-electron chi connectivity index (χ1n) is 16.3. The summed E-state index contributed by atoms with van der Waals surface area (Å²) in [6, 6.07) is 31.3. The van der Waals surface area contributed by atoms with Gasteiger partial charge in [0.1, 0.15) is 0 Å². The van der Waals surface area contributed by atoms with Crippen LogP contribution < -0.4 is 15.3 Å². The van der Waals surface area contributed by atoms with Crippen molar-refractivity contribution in [1.82, 2.24) is 4.98 Å². The Bertz CT molecular complexity index is 2220. The minimum atomic E-state index is 0.229. The summed E-state index contributed by atoms with van der Waals surface area (Å²) in [5.41, 5.74) is 11.8. The number of aromatic nitrogens is 1. The zero-order chi connectivity index (χ0) is 29.7. The molecule has 1 aromatic heterocycles. The van der Waals surface area contributed by atoms with E-state index in [0.717, 1.165) is 25.7 Å². The summed E-state index contributed by atoms with van der Waals surface area (Å²) < 4.78 is 0. The smallest absolute Gasteiger partial charge is 0.0630 e. The van der Waals surface area contributed by atoms with E-state index in [-0.39, 0.29) is 12.0 Å². The highest BCUT2D eigenvalue weighted by Gasteiger charge is 2.38. The van der Waals surface area contributed by atoms with E-state index in [4.69, 9.17) is 0 Å². The number of hydrogen-bond donors (Lipinski definition) is 0. The van der Waals surface area contributed by atoms with Crippen molar-refractivity contribution in [3.05, 3.63) is 161 Å². The molecule has 9 rings (SSSR count). The average molecular weight is 579 g/mol. The van der Waals surface area contributed by atoms with Crippen LogP contribution in [0.5, 0.6) is 0 Å². The van der Waals surface area contributed by atoms with Gasteiger partial charge in [0.05, 0.1) is 6.04 Å². The Morgan fingerprint density at radius 3 is 2.33 bits per heavy atom. The van der Waals surface area contributed by atoms with E-state index in [1.54, 1.807) is 0 Å². The topological polar surface area (TPSA) is 16.1 Å². The molecular weight excluding hydrogens is 544 g/mol. The molecule has 4 aliphatic rings. The van der Waals surface area contributed by atoms with Gasteiger partial charge >= 0.3 is 0 Å². The molecule has 2 heterocycles. The highest BCUT2D eigenvalue weighted by molar-refractivity contribution is 6.05. The van der Waals surface area contributed by atoms with Gasteiger partial charge in [0.25, 0.3) is 0 Å². The largest absolute Gasteiger partial charge is 0.333 e. The van der Waals surface area contributed by atoms with Gasteiger partial charge in [-0.3, -0.25) is 4.98 Å². The van der Waals surface area contributed by atoms with Crippen LogP contribution in [0.1, 0.15) is 48.3 Å². The molecule has 0 spiro atoms. The first-order chi connectivity index (χ1) is 22.3. The van der Waals surface area contributed by atoms with Crippen LogP contribution in [-0.4, -0.2) is 11.0 Å². The molecule has 0 saturated heterocycles. The third-order valence-electron chi connectivity index (χ3n) is 9.96. The number of pyridine rings is 1. The van der Waals surface area contributed by atoms with E-state index in [1.165, 1.54) is 71.5 Å². The molecule has 3 aliphatic carbocycles. The lowest BCUT2D eigenvalue weighted by molar-refractivity contribution is 0.746. The molecule has 2 atom stereocenters. The van der Waals surface area contributed by atoms with E-state index in [1.807, 2.05) is 6.20 Å². The first kappa shape index (κ1) is 26.2. The lowest BCUT2D eigenvalue weighted by Gasteiger charge is -2.29. The fourth-order valence-electron chi connectivity index (χ4n) is 7.98. The van der Waals surface area contributed by atoms with Crippen molar-refractivity contribution in [2.24, 2.45) is 0 Å². The standard InChI is InChI=1S/C43H34N2/c1-4-12-29(13-5-1)42-34-18-10-11-19-35(34)43(30-14-6-2-7-15-30)38-27-31(20-22-36(38)42)32-21-23-40-37(26-32)39-28-44-25-24-41(39)45(40)33-16-8-3-9-17-33/h1-6,8-9,12-14,16-28,37,40H,7,10-11,15H2. The minimum absolute atomic E-state index is 0.229. The molecule has 5 aromatic rings. The summed E-state index contributed by atoms with van der Waals surface area (Å²) in [5, 5.41) is 5.50. The van der Waals surface area contributed by atoms with Crippen molar-refractivity contribution in [3.63, 3.8) is 0 Å². The Hall–Kier alpha value is -5.21. The number of nitrogens with zero attached hydrogens (tertiary/aromatic N) is 2. The van der Waals surface area contributed by atoms with Crippen molar-refractivity contribution >= 4 is 45.4 Å². The van der Waals surface area contributed by atoms with Gasteiger partial charge in [-0.2, -0.15) is 0 Å². The second-order valence-electron chi connectivity index (χ2n) is 12.5. The SMILES string of the molecule is C1=CCCC(c2c3c(c(-c4ccccc4)c4ccc(C5=CC6c7cnccc7N(c7ccccc7)C6C=C5)cc24)=CCCC=3)=C1. The summed E-state index contributed by atoms with van der Waals surface area (Å²) in [6.45, 7) is 0. The van der Waals surface area contributed by atoms with Crippen LogP contribution in [0.4, 0.5) is 11.4 Å². The Morgan fingerprint density at radius 1 is 0.733 bits per heavy atom. The monoisotopic (exact) mass is 578 g/mol. The predicted octanol–water partition coefficient (Wildman–Crippen LogP) is 9.25. The summed E-state index contributed by atoms with van der Waals surface area (Å²) in [6.07, 6.45) is 27.4. The van der Waals surface area contributed by atoms with Crippen molar-refractivity contribution < 1.29 is 0 Å². The Labute approximate surface area is 264 Å². The molecule has 0 saturated carbocycles. The summed E-state index contributed by atoms with van der Waals surface area (Å²) in [7, 11) is 0. The van der Waals surface area contributed by atoms with Crippen molar-refractivity contribution in [1.29, 1.82) is 0 Å². The highest BCUT2D eigenvalue weighted by atomic mass is 15.2. The molecule has 45 heavy (non-hydrogen) atoms. The van der Waals surface area contributed by atoms with Gasteiger partial charge in [0.2, 0.25) is 0 Å². The minimum Gasteiger partial charge on any atom is -0.333 e. The number of fused-ring (bicyclic) bond motifs is 5. The normalized spacial score (nSPS) is 19.6. The highest BCUT2D eigenvalue weighted by Crippen LogP contribution is 2.49. The first-order valence-corrected chi connectivity index (χ1v) is 16.3. The van der Waals surface area contributed by atoms with Gasteiger partial charge < -0.3 is 4.90 Å². The maximum absolute atomic E-state index is 4.56. The third kappa shape index (κ3) is 4.28. The number of allylic oxidation sites excluding steroid dienone is 6. The van der Waals surface area contributed by atoms with Crippen molar-refractivity contribution in [2.45, 2.75) is 37.6 Å². The van der Waals surface area contributed by atoms with Crippen LogP contribution in [0.3, 0.4) is 0 Å². The molecule has 0 bridgehead atoms.